The predicted molar refractivity (Wildman–Crippen MR) is 334 cm³/mol. The molecular formula is C71H108O6. The molecule has 0 rings (SSSR count). The van der Waals surface area contributed by atoms with Gasteiger partial charge in [-0.05, 0) is 148 Å². The van der Waals surface area contributed by atoms with E-state index in [1.807, 2.05) is 0 Å². The van der Waals surface area contributed by atoms with Crippen LogP contribution in [0.2, 0.25) is 0 Å². The second kappa shape index (κ2) is 63.0. The maximum Gasteiger partial charge on any atom is 0.306 e. The number of allylic oxidation sites excluding steroid dienone is 30. The summed E-state index contributed by atoms with van der Waals surface area (Å²) in [5, 5.41) is 0. The van der Waals surface area contributed by atoms with Crippen molar-refractivity contribution in [2.45, 2.75) is 232 Å². The number of carbonyl (C=O) groups excluding carboxylic acids is 3. The zero-order chi connectivity index (χ0) is 55.7. The summed E-state index contributed by atoms with van der Waals surface area (Å²) < 4.78 is 16.8. The second-order valence-electron chi connectivity index (χ2n) is 19.1. The first-order valence-electron chi connectivity index (χ1n) is 30.3. The van der Waals surface area contributed by atoms with Crippen LogP contribution in [0.4, 0.5) is 0 Å². The highest BCUT2D eigenvalue weighted by Crippen LogP contribution is 2.12. The number of esters is 3. The number of ether oxygens (including phenoxy) is 3. The normalized spacial score (nSPS) is 13.4. The molecule has 0 N–H and O–H groups in total. The molecule has 0 aromatic heterocycles. The molecule has 1 unspecified atom stereocenters. The Kier molecular flexibility index (Phi) is 58.6. The van der Waals surface area contributed by atoms with Gasteiger partial charge in [-0.2, -0.15) is 0 Å². The Balaban J connectivity index is 4.50. The maximum atomic E-state index is 12.9. The van der Waals surface area contributed by atoms with Crippen LogP contribution >= 0.6 is 0 Å². The molecule has 428 valence electrons. The van der Waals surface area contributed by atoms with E-state index in [0.717, 1.165) is 180 Å². The summed E-state index contributed by atoms with van der Waals surface area (Å²) in [7, 11) is 0. The summed E-state index contributed by atoms with van der Waals surface area (Å²) in [6.07, 6.45) is 94.7. The molecule has 1 atom stereocenters. The van der Waals surface area contributed by atoms with E-state index in [9.17, 15) is 14.4 Å². The highest BCUT2D eigenvalue weighted by Gasteiger charge is 2.19. The van der Waals surface area contributed by atoms with E-state index in [1.165, 1.54) is 0 Å². The third kappa shape index (κ3) is 61.2. The minimum atomic E-state index is -0.829. The zero-order valence-corrected chi connectivity index (χ0v) is 48.9. The molecule has 0 bridgehead atoms. The molecule has 0 heterocycles. The quantitative estimate of drug-likeness (QED) is 0.0261. The van der Waals surface area contributed by atoms with Crippen LogP contribution in [0.1, 0.15) is 226 Å². The van der Waals surface area contributed by atoms with Crippen LogP contribution in [0.25, 0.3) is 0 Å². The van der Waals surface area contributed by atoms with Gasteiger partial charge in [-0.3, -0.25) is 14.4 Å². The van der Waals surface area contributed by atoms with Gasteiger partial charge in [0.15, 0.2) is 6.10 Å². The number of carbonyl (C=O) groups is 3. The van der Waals surface area contributed by atoms with Crippen LogP contribution < -0.4 is 0 Å². The highest BCUT2D eigenvalue weighted by molar-refractivity contribution is 5.71. The van der Waals surface area contributed by atoms with Crippen molar-refractivity contribution in [1.82, 2.24) is 0 Å². The van der Waals surface area contributed by atoms with Gasteiger partial charge in [0.25, 0.3) is 0 Å². The Labute approximate surface area is 472 Å². The van der Waals surface area contributed by atoms with Crippen LogP contribution in [0.15, 0.2) is 182 Å². The van der Waals surface area contributed by atoms with Gasteiger partial charge in [0.2, 0.25) is 0 Å². The van der Waals surface area contributed by atoms with Crippen LogP contribution in [0, 0.1) is 0 Å². The molecular weight excluding hydrogens is 949 g/mol. The molecule has 0 fully saturated rings. The van der Waals surface area contributed by atoms with Crippen molar-refractivity contribution in [2.75, 3.05) is 13.2 Å². The lowest BCUT2D eigenvalue weighted by Crippen LogP contribution is -2.30. The molecule has 0 radical (unpaired) electrons. The van der Waals surface area contributed by atoms with E-state index in [-0.39, 0.29) is 44.0 Å². The van der Waals surface area contributed by atoms with Gasteiger partial charge < -0.3 is 14.2 Å². The van der Waals surface area contributed by atoms with Crippen molar-refractivity contribution in [3.63, 3.8) is 0 Å². The number of rotatable bonds is 52. The van der Waals surface area contributed by atoms with Gasteiger partial charge in [0.05, 0.1) is 0 Å². The Morgan fingerprint density at radius 3 is 0.779 bits per heavy atom. The average Bonchev–Trinajstić information content (AvgIpc) is 3.43. The van der Waals surface area contributed by atoms with E-state index >= 15 is 0 Å². The van der Waals surface area contributed by atoms with Crippen molar-refractivity contribution >= 4 is 17.9 Å². The molecule has 0 aliphatic heterocycles. The highest BCUT2D eigenvalue weighted by atomic mass is 16.6. The molecule has 0 saturated carbocycles. The molecule has 0 aromatic carbocycles. The van der Waals surface area contributed by atoms with Gasteiger partial charge in [0.1, 0.15) is 13.2 Å². The molecule has 6 heteroatoms. The van der Waals surface area contributed by atoms with Crippen LogP contribution in [-0.4, -0.2) is 37.2 Å². The smallest absolute Gasteiger partial charge is 0.306 e. The fourth-order valence-corrected chi connectivity index (χ4v) is 7.47. The topological polar surface area (TPSA) is 78.9 Å². The Morgan fingerprint density at radius 2 is 0.481 bits per heavy atom. The third-order valence-electron chi connectivity index (χ3n) is 11.9. The lowest BCUT2D eigenvalue weighted by molar-refractivity contribution is -0.167. The maximum absolute atomic E-state index is 12.9. The number of hydrogen-bond acceptors (Lipinski definition) is 6. The number of unbranched alkanes of at least 4 members (excludes halogenated alkanes) is 11. The van der Waals surface area contributed by atoms with E-state index in [2.05, 4.69) is 203 Å². The van der Waals surface area contributed by atoms with Gasteiger partial charge in [-0.15, -0.1) is 0 Å². The van der Waals surface area contributed by atoms with E-state index < -0.39 is 6.10 Å². The minimum Gasteiger partial charge on any atom is -0.462 e. The Morgan fingerprint density at radius 1 is 0.260 bits per heavy atom. The summed E-state index contributed by atoms with van der Waals surface area (Å²) in [5.74, 6) is -1.03. The predicted octanol–water partition coefficient (Wildman–Crippen LogP) is 20.9. The molecule has 0 amide bonds. The van der Waals surface area contributed by atoms with E-state index in [0.29, 0.717) is 12.8 Å². The Hall–Kier alpha value is -5.49. The second-order valence-corrected chi connectivity index (χ2v) is 19.1. The van der Waals surface area contributed by atoms with Gasteiger partial charge in [0, 0.05) is 19.3 Å². The van der Waals surface area contributed by atoms with E-state index in [1.54, 1.807) is 0 Å². The number of hydrogen-bond donors (Lipinski definition) is 0. The van der Waals surface area contributed by atoms with Crippen LogP contribution in [-0.2, 0) is 28.6 Å². The average molecular weight is 1060 g/mol. The fraction of sp³-hybridized carbons (Fsp3) is 0.535. The first-order chi connectivity index (χ1) is 38.0. The summed E-state index contributed by atoms with van der Waals surface area (Å²) >= 11 is 0. The van der Waals surface area contributed by atoms with Gasteiger partial charge in [-0.1, -0.05) is 242 Å². The molecule has 0 aliphatic rings. The minimum absolute atomic E-state index is 0.121. The van der Waals surface area contributed by atoms with Crippen molar-refractivity contribution in [2.24, 2.45) is 0 Å². The lowest BCUT2D eigenvalue weighted by Gasteiger charge is -2.18. The summed E-state index contributed by atoms with van der Waals surface area (Å²) in [5.41, 5.74) is 0. The van der Waals surface area contributed by atoms with E-state index in [4.69, 9.17) is 14.2 Å². The molecule has 0 aromatic rings. The summed E-state index contributed by atoms with van der Waals surface area (Å²) in [6, 6.07) is 0. The zero-order valence-electron chi connectivity index (χ0n) is 48.9. The molecule has 6 nitrogen and oxygen atoms in total. The van der Waals surface area contributed by atoms with Crippen LogP contribution in [0.5, 0.6) is 0 Å². The molecule has 0 aliphatic carbocycles. The fourth-order valence-electron chi connectivity index (χ4n) is 7.47. The molecule has 77 heavy (non-hydrogen) atoms. The first kappa shape index (κ1) is 71.5. The molecule has 0 spiro atoms. The van der Waals surface area contributed by atoms with Crippen molar-refractivity contribution in [3.8, 4) is 0 Å². The molecule has 0 saturated heterocycles. The monoisotopic (exact) mass is 1060 g/mol. The van der Waals surface area contributed by atoms with Gasteiger partial charge >= 0.3 is 17.9 Å². The van der Waals surface area contributed by atoms with Crippen molar-refractivity contribution < 1.29 is 28.6 Å². The Bertz CT molecular complexity index is 1840. The largest absolute Gasteiger partial charge is 0.462 e. The van der Waals surface area contributed by atoms with Gasteiger partial charge in [-0.25, -0.2) is 0 Å². The lowest BCUT2D eigenvalue weighted by atomic mass is 10.1. The summed E-state index contributed by atoms with van der Waals surface area (Å²) in [6.45, 7) is 6.20. The standard InChI is InChI=1S/C71H108O6/c1-4-7-10-13-16-19-22-25-28-29-30-31-32-33-34-35-36-37-38-39-40-41-44-46-49-52-55-58-61-64-70(73)76-67-68(77-71(74)65-62-59-56-53-50-47-43-27-24-21-18-15-12-9-6-3)66-75-69(72)63-60-57-54-51-48-45-42-26-23-20-17-14-11-8-5-2/h7-12,16-21,25-28,30-31,33-34,36-37,39-40,42-44,46,52,55,68H,4-6,13-15,22-24,29,32,35,38,41,45,47-51,53-54,56-67H2,1-3H3/b10-7-,11-8-,12-9-,19-16-,20-17-,21-18-,28-25-,31-30-,34-33-,37-36-,40-39-,42-26-,43-27-,46-44-,55-52-. The SMILES string of the molecule is CC/C=C\C/C=C\C/C=C\C/C=C\C/C=C\C/C=C\C/C=C\C/C=C\C/C=C\CCCC(=O)OCC(COC(=O)CCCCCCC/C=C\C/C=C\C/C=C\CC)OC(=O)CCCCCCC/C=C\C/C=C\C/C=C\CC. The van der Waals surface area contributed by atoms with Crippen molar-refractivity contribution in [1.29, 1.82) is 0 Å². The third-order valence-corrected chi connectivity index (χ3v) is 11.9. The van der Waals surface area contributed by atoms with Crippen molar-refractivity contribution in [3.05, 3.63) is 182 Å². The van der Waals surface area contributed by atoms with Crippen LogP contribution in [0.3, 0.4) is 0 Å². The summed E-state index contributed by atoms with van der Waals surface area (Å²) in [4.78, 5) is 38.2. The first-order valence-corrected chi connectivity index (χ1v) is 30.3.